The van der Waals surface area contributed by atoms with Crippen molar-refractivity contribution < 1.29 is 17.7 Å². The van der Waals surface area contributed by atoms with Gasteiger partial charge in [-0.15, -0.1) is 0 Å². The van der Waals surface area contributed by atoms with Gasteiger partial charge in [0.25, 0.3) is 10.1 Å². The molecule has 23 heavy (non-hydrogen) atoms. The SMILES string of the molecule is Cc1ccc(OCCN(C)Cc2cccc(S(=O)(=O)O)c2)cc1. The van der Waals surface area contributed by atoms with Gasteiger partial charge in [0.05, 0.1) is 4.90 Å². The molecule has 0 radical (unpaired) electrons. The van der Waals surface area contributed by atoms with Gasteiger partial charge in [-0.3, -0.25) is 9.45 Å². The molecule has 0 spiro atoms. The fourth-order valence-electron chi connectivity index (χ4n) is 2.15. The highest BCUT2D eigenvalue weighted by atomic mass is 32.2. The molecular formula is C17H21NO4S. The first-order chi connectivity index (χ1) is 10.8. The Hall–Kier alpha value is -1.89. The van der Waals surface area contributed by atoms with Crippen molar-refractivity contribution in [3.8, 4) is 5.75 Å². The van der Waals surface area contributed by atoms with Gasteiger partial charge in [-0.2, -0.15) is 8.42 Å². The summed E-state index contributed by atoms with van der Waals surface area (Å²) in [5.41, 5.74) is 2.01. The first-order valence-corrected chi connectivity index (χ1v) is 8.73. The fourth-order valence-corrected chi connectivity index (χ4v) is 2.70. The van der Waals surface area contributed by atoms with Crippen molar-refractivity contribution >= 4 is 10.1 Å². The predicted molar refractivity (Wildman–Crippen MR) is 89.3 cm³/mol. The van der Waals surface area contributed by atoms with Crippen LogP contribution in [0, 0.1) is 6.92 Å². The van der Waals surface area contributed by atoms with Crippen LogP contribution in [0.2, 0.25) is 0 Å². The third-order valence-corrected chi connectivity index (χ3v) is 4.26. The van der Waals surface area contributed by atoms with Gasteiger partial charge in [-0.25, -0.2) is 0 Å². The minimum Gasteiger partial charge on any atom is -0.492 e. The summed E-state index contributed by atoms with van der Waals surface area (Å²) in [6.45, 7) is 3.83. The first kappa shape index (κ1) is 17.5. The van der Waals surface area contributed by atoms with Gasteiger partial charge in [0.15, 0.2) is 0 Å². The molecule has 6 heteroatoms. The van der Waals surface area contributed by atoms with Gasteiger partial charge in [0.2, 0.25) is 0 Å². The molecule has 0 amide bonds. The van der Waals surface area contributed by atoms with Crippen LogP contribution in [0.15, 0.2) is 53.4 Å². The molecule has 0 saturated heterocycles. The van der Waals surface area contributed by atoms with Crippen LogP contribution in [-0.2, 0) is 16.7 Å². The normalized spacial score (nSPS) is 11.7. The number of benzene rings is 2. The van der Waals surface area contributed by atoms with E-state index in [9.17, 15) is 8.42 Å². The quantitative estimate of drug-likeness (QED) is 0.788. The number of aryl methyl sites for hydroxylation is 1. The second-order valence-electron chi connectivity index (χ2n) is 5.52. The van der Waals surface area contributed by atoms with Crippen LogP contribution < -0.4 is 4.74 Å². The maximum absolute atomic E-state index is 11.1. The van der Waals surface area contributed by atoms with Crippen molar-refractivity contribution in [1.29, 1.82) is 0 Å². The van der Waals surface area contributed by atoms with E-state index in [0.29, 0.717) is 19.7 Å². The zero-order chi connectivity index (χ0) is 16.9. The monoisotopic (exact) mass is 335 g/mol. The topological polar surface area (TPSA) is 66.8 Å². The Morgan fingerprint density at radius 3 is 2.48 bits per heavy atom. The van der Waals surface area contributed by atoms with Crippen LogP contribution in [0.3, 0.4) is 0 Å². The maximum Gasteiger partial charge on any atom is 0.294 e. The Balaban J connectivity index is 1.85. The number of likely N-dealkylation sites (N-methyl/N-ethyl adjacent to an activating group) is 1. The van der Waals surface area contributed by atoms with Crippen molar-refractivity contribution in [3.05, 3.63) is 59.7 Å². The zero-order valence-corrected chi connectivity index (χ0v) is 14.1. The second kappa shape index (κ2) is 7.59. The summed E-state index contributed by atoms with van der Waals surface area (Å²) < 4.78 is 37.0. The molecule has 0 aliphatic heterocycles. The van der Waals surface area contributed by atoms with Crippen molar-refractivity contribution in [2.24, 2.45) is 0 Å². The van der Waals surface area contributed by atoms with Crippen LogP contribution in [0.5, 0.6) is 5.75 Å². The molecule has 1 N–H and O–H groups in total. The molecule has 0 unspecified atom stereocenters. The highest BCUT2D eigenvalue weighted by Gasteiger charge is 2.10. The Morgan fingerprint density at radius 1 is 1.13 bits per heavy atom. The van der Waals surface area contributed by atoms with E-state index in [1.54, 1.807) is 6.07 Å². The summed E-state index contributed by atoms with van der Waals surface area (Å²) in [5.74, 6) is 0.831. The van der Waals surface area contributed by atoms with Crippen molar-refractivity contribution in [1.82, 2.24) is 4.90 Å². The summed E-state index contributed by atoms with van der Waals surface area (Å²) in [6.07, 6.45) is 0. The van der Waals surface area contributed by atoms with E-state index in [2.05, 4.69) is 0 Å². The summed E-state index contributed by atoms with van der Waals surface area (Å²) >= 11 is 0. The van der Waals surface area contributed by atoms with E-state index >= 15 is 0 Å². The molecule has 0 fully saturated rings. The average molecular weight is 335 g/mol. The van der Waals surface area contributed by atoms with Crippen molar-refractivity contribution in [3.63, 3.8) is 0 Å². The highest BCUT2D eigenvalue weighted by Crippen LogP contribution is 2.13. The summed E-state index contributed by atoms with van der Waals surface area (Å²) in [4.78, 5) is 1.94. The van der Waals surface area contributed by atoms with Crippen LogP contribution in [0.25, 0.3) is 0 Å². The molecule has 2 aromatic carbocycles. The summed E-state index contributed by atoms with van der Waals surface area (Å²) in [7, 11) is -2.23. The lowest BCUT2D eigenvalue weighted by Gasteiger charge is -2.17. The van der Waals surface area contributed by atoms with Crippen molar-refractivity contribution in [2.45, 2.75) is 18.4 Å². The standard InChI is InChI=1S/C17H21NO4S/c1-14-6-8-16(9-7-14)22-11-10-18(2)13-15-4-3-5-17(12-15)23(19,20)21/h3-9,12H,10-11,13H2,1-2H3,(H,19,20,21). The third kappa shape index (κ3) is 5.67. The fraction of sp³-hybridized carbons (Fsp3) is 0.294. The predicted octanol–water partition coefficient (Wildman–Crippen LogP) is 2.75. The van der Waals surface area contributed by atoms with Gasteiger partial charge in [-0.05, 0) is 43.8 Å². The minimum absolute atomic E-state index is 0.0840. The van der Waals surface area contributed by atoms with Gasteiger partial charge >= 0.3 is 0 Å². The lowest BCUT2D eigenvalue weighted by molar-refractivity contribution is 0.232. The number of hydrogen-bond acceptors (Lipinski definition) is 4. The maximum atomic E-state index is 11.1. The summed E-state index contributed by atoms with van der Waals surface area (Å²) in [6, 6.07) is 14.2. The number of nitrogens with zero attached hydrogens (tertiary/aromatic N) is 1. The lowest BCUT2D eigenvalue weighted by atomic mass is 10.2. The highest BCUT2D eigenvalue weighted by molar-refractivity contribution is 7.85. The molecule has 0 aliphatic carbocycles. The molecule has 5 nitrogen and oxygen atoms in total. The Bertz CT molecular complexity index is 741. The molecule has 0 aliphatic rings. The van der Waals surface area contributed by atoms with Gasteiger partial charge in [0, 0.05) is 13.1 Å². The minimum atomic E-state index is -4.16. The first-order valence-electron chi connectivity index (χ1n) is 7.29. The third-order valence-electron chi connectivity index (χ3n) is 3.41. The molecular weight excluding hydrogens is 314 g/mol. The van der Waals surface area contributed by atoms with E-state index in [0.717, 1.165) is 11.3 Å². The van der Waals surface area contributed by atoms with Crippen molar-refractivity contribution in [2.75, 3.05) is 20.2 Å². The number of hydrogen-bond donors (Lipinski definition) is 1. The summed E-state index contributed by atoms with van der Waals surface area (Å²) in [5, 5.41) is 0. The van der Waals surface area contributed by atoms with Crippen LogP contribution in [0.1, 0.15) is 11.1 Å². The van der Waals surface area contributed by atoms with E-state index in [1.807, 2.05) is 49.2 Å². The Morgan fingerprint density at radius 2 is 1.83 bits per heavy atom. The lowest BCUT2D eigenvalue weighted by Crippen LogP contribution is -2.24. The Kier molecular flexibility index (Phi) is 5.76. The van der Waals surface area contributed by atoms with Crippen LogP contribution >= 0.6 is 0 Å². The molecule has 0 bridgehead atoms. The van der Waals surface area contributed by atoms with Gasteiger partial charge in [-0.1, -0.05) is 29.8 Å². The smallest absolute Gasteiger partial charge is 0.294 e. The zero-order valence-electron chi connectivity index (χ0n) is 13.3. The van der Waals surface area contributed by atoms with E-state index in [-0.39, 0.29) is 4.90 Å². The second-order valence-corrected chi connectivity index (χ2v) is 6.94. The molecule has 0 atom stereocenters. The molecule has 0 aromatic heterocycles. The molecule has 0 heterocycles. The molecule has 2 rings (SSSR count). The number of rotatable bonds is 7. The van der Waals surface area contributed by atoms with Crippen LogP contribution in [0.4, 0.5) is 0 Å². The van der Waals surface area contributed by atoms with Crippen LogP contribution in [-0.4, -0.2) is 38.1 Å². The number of ether oxygens (including phenoxy) is 1. The van der Waals surface area contributed by atoms with E-state index < -0.39 is 10.1 Å². The Labute approximate surface area is 137 Å². The van der Waals surface area contributed by atoms with Gasteiger partial charge < -0.3 is 4.74 Å². The molecule has 124 valence electrons. The molecule has 2 aromatic rings. The largest absolute Gasteiger partial charge is 0.492 e. The van der Waals surface area contributed by atoms with Gasteiger partial charge in [0.1, 0.15) is 12.4 Å². The van der Waals surface area contributed by atoms with E-state index in [1.165, 1.54) is 17.7 Å². The van der Waals surface area contributed by atoms with E-state index in [4.69, 9.17) is 9.29 Å². The average Bonchev–Trinajstić information content (AvgIpc) is 2.49. The molecule has 0 saturated carbocycles.